The summed E-state index contributed by atoms with van der Waals surface area (Å²) < 4.78 is 50.3. The van der Waals surface area contributed by atoms with Crippen molar-refractivity contribution < 1.29 is 17.6 Å². The molecule has 6 heteroatoms. The monoisotopic (exact) mass is 292 g/mol. The van der Waals surface area contributed by atoms with Gasteiger partial charge in [-0.25, -0.2) is 4.39 Å². The third-order valence-corrected chi connectivity index (χ3v) is 2.98. The van der Waals surface area contributed by atoms with Crippen molar-refractivity contribution in [2.75, 3.05) is 19.6 Å². The molecule has 0 bridgehead atoms. The number of alkyl halides is 3. The van der Waals surface area contributed by atoms with Crippen LogP contribution in [0.15, 0.2) is 24.3 Å². The van der Waals surface area contributed by atoms with Gasteiger partial charge in [0.05, 0.1) is 6.54 Å². The molecule has 0 spiro atoms. The Hall–Kier alpha value is -1.14. The van der Waals surface area contributed by atoms with Gasteiger partial charge in [0.1, 0.15) is 5.82 Å². The largest absolute Gasteiger partial charge is 0.401 e. The molecule has 0 aliphatic rings. The Labute approximate surface area is 116 Å². The maximum absolute atomic E-state index is 13.1. The average molecular weight is 292 g/mol. The fourth-order valence-corrected chi connectivity index (χ4v) is 2.07. The molecule has 0 saturated heterocycles. The van der Waals surface area contributed by atoms with Crippen LogP contribution in [0.3, 0.4) is 0 Å². The summed E-state index contributed by atoms with van der Waals surface area (Å²) in [5, 5.41) is 0. The minimum Gasteiger partial charge on any atom is -0.324 e. The zero-order chi connectivity index (χ0) is 15.2. The molecule has 0 aromatic heterocycles. The van der Waals surface area contributed by atoms with Gasteiger partial charge in [0.15, 0.2) is 0 Å². The van der Waals surface area contributed by atoms with E-state index in [0.29, 0.717) is 24.9 Å². The van der Waals surface area contributed by atoms with E-state index >= 15 is 0 Å². The Kier molecular flexibility index (Phi) is 6.42. The highest BCUT2D eigenvalue weighted by atomic mass is 19.4. The van der Waals surface area contributed by atoms with Crippen LogP contribution < -0.4 is 5.73 Å². The molecule has 0 radical (unpaired) electrons. The van der Waals surface area contributed by atoms with E-state index < -0.39 is 24.6 Å². The minimum atomic E-state index is -4.21. The van der Waals surface area contributed by atoms with Gasteiger partial charge in [0, 0.05) is 12.6 Å². The first-order chi connectivity index (χ1) is 9.31. The van der Waals surface area contributed by atoms with Gasteiger partial charge in [-0.05, 0) is 37.1 Å². The second-order valence-corrected chi connectivity index (χ2v) is 4.84. The molecule has 114 valence electrons. The first-order valence-corrected chi connectivity index (χ1v) is 6.62. The number of hydrogen-bond donors (Lipinski definition) is 1. The molecule has 0 amide bonds. The zero-order valence-electron chi connectivity index (χ0n) is 11.5. The topological polar surface area (TPSA) is 29.3 Å². The van der Waals surface area contributed by atoms with E-state index in [0.717, 1.165) is 0 Å². The normalized spacial score (nSPS) is 13.8. The second-order valence-electron chi connectivity index (χ2n) is 4.84. The van der Waals surface area contributed by atoms with Crippen LogP contribution in [0, 0.1) is 5.82 Å². The lowest BCUT2D eigenvalue weighted by Gasteiger charge is -2.24. The molecule has 2 N–H and O–H groups in total. The predicted octanol–water partition coefficient (Wildman–Crippen LogP) is 3.49. The molecule has 1 rings (SSSR count). The molecular weight excluding hydrogens is 272 g/mol. The van der Waals surface area contributed by atoms with Crippen molar-refractivity contribution in [3.8, 4) is 0 Å². The van der Waals surface area contributed by atoms with Gasteiger partial charge in [-0.15, -0.1) is 0 Å². The molecular formula is C14H20F4N2. The molecule has 0 saturated carbocycles. The van der Waals surface area contributed by atoms with E-state index in [2.05, 4.69) is 0 Å². The van der Waals surface area contributed by atoms with Crippen LogP contribution in [-0.2, 0) is 0 Å². The summed E-state index contributed by atoms with van der Waals surface area (Å²) >= 11 is 0. The molecule has 0 aliphatic carbocycles. The summed E-state index contributed by atoms with van der Waals surface area (Å²) in [6.45, 7) is 1.51. The highest BCUT2D eigenvalue weighted by Gasteiger charge is 2.30. The number of nitrogens with two attached hydrogens (primary N) is 1. The Morgan fingerprint density at radius 1 is 1.25 bits per heavy atom. The lowest BCUT2D eigenvalue weighted by Crippen LogP contribution is -2.36. The quantitative estimate of drug-likeness (QED) is 0.779. The first-order valence-electron chi connectivity index (χ1n) is 6.62. The van der Waals surface area contributed by atoms with Gasteiger partial charge >= 0.3 is 6.18 Å². The van der Waals surface area contributed by atoms with Gasteiger partial charge in [-0.1, -0.05) is 19.1 Å². The Balaban J connectivity index is 2.54. The maximum Gasteiger partial charge on any atom is 0.401 e. The van der Waals surface area contributed by atoms with Crippen LogP contribution in [0.25, 0.3) is 0 Å². The van der Waals surface area contributed by atoms with Crippen molar-refractivity contribution in [2.45, 2.75) is 32.0 Å². The Morgan fingerprint density at radius 3 is 2.50 bits per heavy atom. The number of hydrogen-bond acceptors (Lipinski definition) is 2. The maximum atomic E-state index is 13.1. The number of nitrogens with zero attached hydrogens (tertiary/aromatic N) is 1. The lowest BCUT2D eigenvalue weighted by molar-refractivity contribution is -0.146. The molecule has 2 nitrogen and oxygen atoms in total. The van der Waals surface area contributed by atoms with Crippen molar-refractivity contribution in [1.29, 1.82) is 0 Å². The van der Waals surface area contributed by atoms with E-state index in [1.807, 2.05) is 6.92 Å². The highest BCUT2D eigenvalue weighted by molar-refractivity contribution is 5.19. The number of benzene rings is 1. The van der Waals surface area contributed by atoms with E-state index in [1.54, 1.807) is 12.1 Å². The SMILES string of the molecule is CCCN(CCC(N)c1cccc(F)c1)CC(F)(F)F. The van der Waals surface area contributed by atoms with Crippen molar-refractivity contribution in [1.82, 2.24) is 4.90 Å². The lowest BCUT2D eigenvalue weighted by atomic mass is 10.0. The van der Waals surface area contributed by atoms with E-state index in [4.69, 9.17) is 5.73 Å². The van der Waals surface area contributed by atoms with Crippen LogP contribution >= 0.6 is 0 Å². The van der Waals surface area contributed by atoms with Crippen LogP contribution in [0.2, 0.25) is 0 Å². The van der Waals surface area contributed by atoms with Crippen molar-refractivity contribution in [3.05, 3.63) is 35.6 Å². The third kappa shape index (κ3) is 6.34. The van der Waals surface area contributed by atoms with Gasteiger partial charge in [-0.2, -0.15) is 13.2 Å². The summed E-state index contributed by atoms with van der Waals surface area (Å²) in [7, 11) is 0. The smallest absolute Gasteiger partial charge is 0.324 e. The molecule has 0 fully saturated rings. The second kappa shape index (κ2) is 7.59. The van der Waals surface area contributed by atoms with Crippen LogP contribution in [0.5, 0.6) is 0 Å². The summed E-state index contributed by atoms with van der Waals surface area (Å²) in [5.74, 6) is -0.390. The minimum absolute atomic E-state index is 0.241. The Morgan fingerprint density at radius 2 is 1.95 bits per heavy atom. The fraction of sp³-hybridized carbons (Fsp3) is 0.571. The van der Waals surface area contributed by atoms with E-state index in [-0.39, 0.29) is 6.54 Å². The number of rotatable bonds is 7. The molecule has 1 unspecified atom stereocenters. The standard InChI is InChI=1S/C14H20F4N2/c1-2-7-20(10-14(16,17)18)8-6-13(19)11-4-3-5-12(15)9-11/h3-5,9,13H,2,6-8,10,19H2,1H3. The van der Waals surface area contributed by atoms with Gasteiger partial charge < -0.3 is 5.73 Å². The summed E-state index contributed by atoms with van der Waals surface area (Å²) in [4.78, 5) is 1.33. The Bertz CT molecular complexity index is 406. The third-order valence-electron chi connectivity index (χ3n) is 2.98. The molecule has 1 atom stereocenters. The average Bonchev–Trinajstić information content (AvgIpc) is 2.34. The zero-order valence-corrected chi connectivity index (χ0v) is 11.5. The molecule has 0 aliphatic heterocycles. The van der Waals surface area contributed by atoms with E-state index in [1.165, 1.54) is 17.0 Å². The summed E-state index contributed by atoms with van der Waals surface area (Å²) in [6, 6.07) is 5.39. The first kappa shape index (κ1) is 16.9. The molecule has 1 aromatic rings. The molecule has 0 heterocycles. The van der Waals surface area contributed by atoms with Crippen LogP contribution in [-0.4, -0.2) is 30.7 Å². The molecule has 20 heavy (non-hydrogen) atoms. The van der Waals surface area contributed by atoms with E-state index in [9.17, 15) is 17.6 Å². The number of halogens is 4. The predicted molar refractivity (Wildman–Crippen MR) is 70.7 cm³/mol. The molecule has 1 aromatic carbocycles. The van der Waals surface area contributed by atoms with Crippen molar-refractivity contribution in [3.63, 3.8) is 0 Å². The van der Waals surface area contributed by atoms with Gasteiger partial charge in [0.2, 0.25) is 0 Å². The van der Waals surface area contributed by atoms with Crippen molar-refractivity contribution >= 4 is 0 Å². The van der Waals surface area contributed by atoms with Crippen LogP contribution in [0.1, 0.15) is 31.4 Å². The summed E-state index contributed by atoms with van der Waals surface area (Å²) in [5.41, 5.74) is 6.50. The van der Waals surface area contributed by atoms with Gasteiger partial charge in [-0.3, -0.25) is 4.90 Å². The fourth-order valence-electron chi connectivity index (χ4n) is 2.07. The van der Waals surface area contributed by atoms with Gasteiger partial charge in [0.25, 0.3) is 0 Å². The van der Waals surface area contributed by atoms with Crippen LogP contribution in [0.4, 0.5) is 17.6 Å². The summed E-state index contributed by atoms with van der Waals surface area (Å²) in [6.07, 6.45) is -3.21. The van der Waals surface area contributed by atoms with Crippen molar-refractivity contribution in [2.24, 2.45) is 5.73 Å². The highest BCUT2D eigenvalue weighted by Crippen LogP contribution is 2.19.